The fraction of sp³-hybridized carbons (Fsp3) is 0.889. The minimum atomic E-state index is -0.133. The van der Waals surface area contributed by atoms with E-state index in [1.165, 1.54) is 0 Å². The van der Waals surface area contributed by atoms with E-state index in [9.17, 15) is 4.79 Å². The van der Waals surface area contributed by atoms with Crippen LogP contribution in [0.4, 0.5) is 0 Å². The molecule has 0 aliphatic rings. The van der Waals surface area contributed by atoms with Crippen LogP contribution in [0.1, 0.15) is 26.2 Å². The maximum absolute atomic E-state index is 10.1. The third kappa shape index (κ3) is 5.27. The molecule has 0 saturated heterocycles. The molecule has 3 heteroatoms. The van der Waals surface area contributed by atoms with Gasteiger partial charge in [0.15, 0.2) is 6.29 Å². The maximum atomic E-state index is 10.1. The normalized spacial score (nSPS) is 13.3. The van der Waals surface area contributed by atoms with E-state index in [2.05, 4.69) is 6.92 Å². The molecule has 0 radical (unpaired) electrons. The number of hydrogen-bond donors (Lipinski definition) is 0. The number of hydrogen-bond acceptors (Lipinski definition) is 3. The van der Waals surface area contributed by atoms with Gasteiger partial charge in [-0.15, -0.1) is 0 Å². The van der Waals surface area contributed by atoms with Crippen molar-refractivity contribution in [3.63, 3.8) is 0 Å². The smallest absolute Gasteiger partial charge is 0.157 e. The van der Waals surface area contributed by atoms with Gasteiger partial charge < -0.3 is 14.3 Å². The van der Waals surface area contributed by atoms with Crippen molar-refractivity contribution in [3.05, 3.63) is 0 Å². The molecule has 0 amide bonds. The highest BCUT2D eigenvalue weighted by Gasteiger charge is 2.10. The van der Waals surface area contributed by atoms with Crippen LogP contribution in [0, 0.1) is 5.92 Å². The highest BCUT2D eigenvalue weighted by Crippen LogP contribution is 2.13. The van der Waals surface area contributed by atoms with Crippen molar-refractivity contribution in [1.29, 1.82) is 0 Å². The Labute approximate surface area is 74.0 Å². The summed E-state index contributed by atoms with van der Waals surface area (Å²) in [6, 6.07) is 0. The van der Waals surface area contributed by atoms with Crippen LogP contribution < -0.4 is 0 Å². The van der Waals surface area contributed by atoms with E-state index in [-0.39, 0.29) is 6.29 Å². The minimum Gasteiger partial charge on any atom is -0.356 e. The maximum Gasteiger partial charge on any atom is 0.157 e. The molecule has 0 aromatic heterocycles. The summed E-state index contributed by atoms with van der Waals surface area (Å²) in [6.07, 6.45) is 3.20. The zero-order valence-corrected chi connectivity index (χ0v) is 8.08. The van der Waals surface area contributed by atoms with Gasteiger partial charge in [-0.05, 0) is 12.3 Å². The van der Waals surface area contributed by atoms with Crippen LogP contribution in [0.15, 0.2) is 0 Å². The second-order valence-corrected chi connectivity index (χ2v) is 2.99. The SMILES string of the molecule is COC(CC(C)CCC=O)OC. The molecule has 0 aliphatic carbocycles. The third-order valence-corrected chi connectivity index (χ3v) is 1.90. The number of carbonyl (C=O) groups excluding carboxylic acids is 1. The minimum absolute atomic E-state index is 0.133. The van der Waals surface area contributed by atoms with Gasteiger partial charge in [0.05, 0.1) is 0 Å². The second-order valence-electron chi connectivity index (χ2n) is 2.99. The van der Waals surface area contributed by atoms with Crippen LogP contribution in [-0.2, 0) is 14.3 Å². The highest BCUT2D eigenvalue weighted by molar-refractivity contribution is 5.49. The molecule has 1 atom stereocenters. The summed E-state index contributed by atoms with van der Waals surface area (Å²) in [5.74, 6) is 0.472. The predicted octanol–water partition coefficient (Wildman–Crippen LogP) is 1.61. The Hall–Kier alpha value is -0.410. The molecule has 0 rings (SSSR count). The van der Waals surface area contributed by atoms with Gasteiger partial charge in [0, 0.05) is 27.1 Å². The monoisotopic (exact) mass is 174 g/mol. The van der Waals surface area contributed by atoms with Gasteiger partial charge in [-0.1, -0.05) is 6.92 Å². The van der Waals surface area contributed by atoms with Crippen LogP contribution in [0.5, 0.6) is 0 Å². The van der Waals surface area contributed by atoms with Crippen LogP contribution in [-0.4, -0.2) is 26.8 Å². The van der Waals surface area contributed by atoms with Crippen molar-refractivity contribution in [3.8, 4) is 0 Å². The summed E-state index contributed by atoms with van der Waals surface area (Å²) >= 11 is 0. The molecular formula is C9H18O3. The van der Waals surface area contributed by atoms with Gasteiger partial charge in [0.25, 0.3) is 0 Å². The van der Waals surface area contributed by atoms with Gasteiger partial charge >= 0.3 is 0 Å². The topological polar surface area (TPSA) is 35.5 Å². The quantitative estimate of drug-likeness (QED) is 0.434. The summed E-state index contributed by atoms with van der Waals surface area (Å²) in [5.41, 5.74) is 0. The van der Waals surface area contributed by atoms with E-state index >= 15 is 0 Å². The molecule has 0 heterocycles. The summed E-state index contributed by atoms with van der Waals surface area (Å²) in [6.45, 7) is 2.09. The van der Waals surface area contributed by atoms with Crippen LogP contribution in [0.25, 0.3) is 0 Å². The van der Waals surface area contributed by atoms with E-state index in [4.69, 9.17) is 9.47 Å². The van der Waals surface area contributed by atoms with Gasteiger partial charge in [-0.25, -0.2) is 0 Å². The standard InChI is InChI=1S/C9H18O3/c1-8(5-4-6-10)7-9(11-2)12-3/h6,8-9H,4-5,7H2,1-3H3. The first-order valence-corrected chi connectivity index (χ1v) is 4.23. The molecule has 0 aromatic rings. The summed E-state index contributed by atoms with van der Waals surface area (Å²) in [5, 5.41) is 0. The van der Waals surface area contributed by atoms with Crippen molar-refractivity contribution in [2.45, 2.75) is 32.5 Å². The van der Waals surface area contributed by atoms with Gasteiger partial charge in [0.2, 0.25) is 0 Å². The van der Waals surface area contributed by atoms with Crippen molar-refractivity contribution in [1.82, 2.24) is 0 Å². The lowest BCUT2D eigenvalue weighted by Gasteiger charge is -2.17. The predicted molar refractivity (Wildman–Crippen MR) is 46.9 cm³/mol. The average molecular weight is 174 g/mol. The van der Waals surface area contributed by atoms with E-state index in [0.717, 1.165) is 19.1 Å². The lowest BCUT2D eigenvalue weighted by molar-refractivity contribution is -0.115. The second kappa shape index (κ2) is 7.25. The molecular weight excluding hydrogens is 156 g/mol. The Balaban J connectivity index is 3.50. The Kier molecular flexibility index (Phi) is 7.00. The molecule has 0 spiro atoms. The molecule has 0 bridgehead atoms. The van der Waals surface area contributed by atoms with Crippen molar-refractivity contribution in [2.24, 2.45) is 5.92 Å². The molecule has 1 unspecified atom stereocenters. The molecule has 0 N–H and O–H groups in total. The lowest BCUT2D eigenvalue weighted by Crippen LogP contribution is -2.16. The molecule has 0 fully saturated rings. The highest BCUT2D eigenvalue weighted by atomic mass is 16.7. The van der Waals surface area contributed by atoms with E-state index in [0.29, 0.717) is 12.3 Å². The summed E-state index contributed by atoms with van der Waals surface area (Å²) in [7, 11) is 3.25. The number of carbonyl (C=O) groups is 1. The van der Waals surface area contributed by atoms with E-state index in [1.807, 2.05) is 0 Å². The average Bonchev–Trinajstić information content (AvgIpc) is 2.10. The fourth-order valence-corrected chi connectivity index (χ4v) is 1.09. The summed E-state index contributed by atoms with van der Waals surface area (Å²) in [4.78, 5) is 10.1. The zero-order chi connectivity index (χ0) is 9.40. The van der Waals surface area contributed by atoms with Crippen LogP contribution in [0.3, 0.4) is 0 Å². The van der Waals surface area contributed by atoms with Gasteiger partial charge in [-0.3, -0.25) is 0 Å². The Morgan fingerprint density at radius 2 is 1.92 bits per heavy atom. The van der Waals surface area contributed by atoms with Crippen LogP contribution in [0.2, 0.25) is 0 Å². The largest absolute Gasteiger partial charge is 0.356 e. The first kappa shape index (κ1) is 11.6. The van der Waals surface area contributed by atoms with Crippen molar-refractivity contribution >= 4 is 6.29 Å². The number of aldehydes is 1. The molecule has 12 heavy (non-hydrogen) atoms. The van der Waals surface area contributed by atoms with Crippen LogP contribution >= 0.6 is 0 Å². The fourth-order valence-electron chi connectivity index (χ4n) is 1.09. The Morgan fingerprint density at radius 1 is 1.33 bits per heavy atom. The molecule has 72 valence electrons. The summed E-state index contributed by atoms with van der Waals surface area (Å²) < 4.78 is 10.1. The lowest BCUT2D eigenvalue weighted by atomic mass is 10.0. The first-order valence-electron chi connectivity index (χ1n) is 4.23. The number of methoxy groups -OCH3 is 2. The first-order chi connectivity index (χ1) is 5.74. The molecule has 0 aromatic carbocycles. The number of ether oxygens (including phenoxy) is 2. The van der Waals surface area contributed by atoms with Crippen molar-refractivity contribution < 1.29 is 14.3 Å². The Morgan fingerprint density at radius 3 is 2.33 bits per heavy atom. The van der Waals surface area contributed by atoms with E-state index < -0.39 is 0 Å². The number of rotatable bonds is 7. The third-order valence-electron chi connectivity index (χ3n) is 1.90. The van der Waals surface area contributed by atoms with Gasteiger partial charge in [-0.2, -0.15) is 0 Å². The van der Waals surface area contributed by atoms with E-state index in [1.54, 1.807) is 14.2 Å². The van der Waals surface area contributed by atoms with Crippen molar-refractivity contribution in [2.75, 3.05) is 14.2 Å². The molecule has 0 aliphatic heterocycles. The Bertz CT molecular complexity index is 110. The molecule has 0 saturated carbocycles. The van der Waals surface area contributed by atoms with Gasteiger partial charge in [0.1, 0.15) is 6.29 Å². The molecule has 3 nitrogen and oxygen atoms in total. The zero-order valence-electron chi connectivity index (χ0n) is 8.08.